The lowest BCUT2D eigenvalue weighted by atomic mass is 9.89. The number of thiol groups is 2. The lowest BCUT2D eigenvalue weighted by Crippen LogP contribution is -2.17. The van der Waals surface area contributed by atoms with Crippen LogP contribution in [0.2, 0.25) is 0 Å². The van der Waals surface area contributed by atoms with Crippen molar-refractivity contribution in [1.82, 2.24) is 0 Å². The first-order chi connectivity index (χ1) is 13.8. The number of carboxylic acids is 2. The van der Waals surface area contributed by atoms with Gasteiger partial charge in [-0.25, -0.2) is 18.0 Å². The molecule has 0 saturated carbocycles. The number of carboxylic acid groups (broad SMARTS) is 2. The Bertz CT molecular complexity index is 1490. The third-order valence-corrected chi connectivity index (χ3v) is 6.96. The minimum atomic E-state index is -5.21. The molecule has 0 aliphatic heterocycles. The molecule has 0 fully saturated rings. The van der Waals surface area contributed by atoms with E-state index in [0.717, 1.165) is 18.2 Å². The molecule has 0 saturated heterocycles. The summed E-state index contributed by atoms with van der Waals surface area (Å²) in [6.07, 6.45) is 0. The van der Waals surface area contributed by atoms with Gasteiger partial charge in [0.05, 0.1) is 20.9 Å². The molecule has 6 N–H and O–H groups in total. The molecule has 4 rings (SSSR count). The van der Waals surface area contributed by atoms with E-state index in [1.54, 1.807) is 0 Å². The van der Waals surface area contributed by atoms with Crippen LogP contribution in [-0.4, -0.2) is 48.8 Å². The third-order valence-electron chi connectivity index (χ3n) is 4.90. The van der Waals surface area contributed by atoms with E-state index in [2.05, 4.69) is 0 Å². The fourth-order valence-electron chi connectivity index (χ4n) is 3.85. The Kier molecular flexibility index (Phi) is 4.22. The van der Waals surface area contributed by atoms with E-state index in [1.165, 1.54) is 18.2 Å². The van der Waals surface area contributed by atoms with Crippen molar-refractivity contribution in [1.29, 1.82) is 0 Å². The van der Waals surface area contributed by atoms with Crippen LogP contribution in [0.4, 0.5) is 0 Å². The van der Waals surface area contributed by atoms with Crippen LogP contribution in [0.25, 0.3) is 32.3 Å². The highest BCUT2D eigenvalue weighted by atomic mass is 32.3. The van der Waals surface area contributed by atoms with Gasteiger partial charge in [-0.2, -0.15) is 0 Å². The Morgan fingerprint density at radius 3 is 1.87 bits per heavy atom. The summed E-state index contributed by atoms with van der Waals surface area (Å²) in [5, 5.41) is 19.1. The summed E-state index contributed by atoms with van der Waals surface area (Å²) >= 11 is 0. The van der Waals surface area contributed by atoms with Crippen molar-refractivity contribution < 1.29 is 46.4 Å². The van der Waals surface area contributed by atoms with Crippen molar-refractivity contribution in [2.24, 2.45) is 0 Å². The standard InChI is InChI=1S/C18H14O10S2/c19-17(20)8-5-7-1-2-9-12(29(23,24)25)4-3-10-14(9)13(7)11(6-8)15(18(21)22)16(10)30(26,27)28/h1-6,29-30H,(H,19,20)(H,21,22)(H2,23,24,25)(H2,26,27,28). The smallest absolute Gasteiger partial charge is 0.337 e. The van der Waals surface area contributed by atoms with Gasteiger partial charge >= 0.3 is 11.9 Å². The number of carbonyl (C=O) groups is 2. The van der Waals surface area contributed by atoms with Crippen molar-refractivity contribution in [2.45, 2.75) is 9.79 Å². The molecule has 12 heteroatoms. The molecule has 0 amide bonds. The van der Waals surface area contributed by atoms with Gasteiger partial charge in [-0.3, -0.25) is 0 Å². The van der Waals surface area contributed by atoms with E-state index < -0.39 is 48.3 Å². The lowest BCUT2D eigenvalue weighted by Gasteiger charge is -2.23. The summed E-state index contributed by atoms with van der Waals surface area (Å²) in [4.78, 5) is 22.3. The maximum absolute atomic E-state index is 12.3. The first-order valence-electron chi connectivity index (χ1n) is 8.19. The SMILES string of the molecule is O=C(O)c1cc2ccc3c([SH](=O)(O)O)ccc4c([SH](=O)(O)O)c(C(=O)O)c(c1)c2c34. The van der Waals surface area contributed by atoms with Gasteiger partial charge in [0.1, 0.15) is 21.0 Å². The summed E-state index contributed by atoms with van der Waals surface area (Å²) < 4.78 is 63.5. The van der Waals surface area contributed by atoms with Crippen LogP contribution >= 0.6 is 0 Å². The van der Waals surface area contributed by atoms with Gasteiger partial charge in [-0.05, 0) is 39.7 Å². The van der Waals surface area contributed by atoms with Crippen molar-refractivity contribution in [3.8, 4) is 0 Å². The number of aromatic carboxylic acids is 2. The number of benzene rings is 4. The topological polar surface area (TPSA) is 190 Å². The predicted molar refractivity (Wildman–Crippen MR) is 110 cm³/mol. The van der Waals surface area contributed by atoms with Crippen LogP contribution in [0.15, 0.2) is 46.2 Å². The summed E-state index contributed by atoms with van der Waals surface area (Å²) in [5.41, 5.74) is -1.07. The second kappa shape index (κ2) is 6.25. The largest absolute Gasteiger partial charge is 0.478 e. The molecule has 4 aromatic rings. The van der Waals surface area contributed by atoms with Gasteiger partial charge in [0.25, 0.3) is 0 Å². The van der Waals surface area contributed by atoms with E-state index in [1.807, 2.05) is 0 Å². The van der Waals surface area contributed by atoms with Gasteiger partial charge in [0, 0.05) is 10.8 Å². The number of hydrogen-bond donors (Lipinski definition) is 8. The molecule has 158 valence electrons. The van der Waals surface area contributed by atoms with Gasteiger partial charge < -0.3 is 28.4 Å². The highest BCUT2D eigenvalue weighted by Crippen LogP contribution is 2.44. The minimum absolute atomic E-state index is 0.0203. The van der Waals surface area contributed by atoms with Crippen LogP contribution in [0.3, 0.4) is 0 Å². The van der Waals surface area contributed by atoms with Gasteiger partial charge in [0.2, 0.25) is 0 Å². The molecule has 0 atom stereocenters. The van der Waals surface area contributed by atoms with E-state index >= 15 is 0 Å². The molecule has 0 spiro atoms. The minimum Gasteiger partial charge on any atom is -0.478 e. The Morgan fingerprint density at radius 2 is 1.33 bits per heavy atom. The maximum atomic E-state index is 12.3. The highest BCUT2D eigenvalue weighted by Gasteiger charge is 2.30. The normalized spacial score (nSPS) is 13.9. The molecular formula is C18H14O10S2. The summed E-state index contributed by atoms with van der Waals surface area (Å²) in [5.74, 6) is -3.07. The Labute approximate surface area is 169 Å². The number of hydrogen-bond acceptors (Lipinski definition) is 4. The fraction of sp³-hybridized carbons (Fsp3) is 0. The summed E-state index contributed by atoms with van der Waals surface area (Å²) in [7, 11) is -10.0. The van der Waals surface area contributed by atoms with Gasteiger partial charge in [-0.1, -0.05) is 18.2 Å². The average Bonchev–Trinajstić information content (AvgIpc) is 2.62. The lowest BCUT2D eigenvalue weighted by molar-refractivity contribution is 0.0683. The maximum Gasteiger partial charge on any atom is 0.337 e. The molecule has 0 heterocycles. The molecule has 0 aliphatic carbocycles. The Morgan fingerprint density at radius 1 is 0.700 bits per heavy atom. The zero-order chi connectivity index (χ0) is 22.2. The van der Waals surface area contributed by atoms with Gasteiger partial charge in [-0.15, -0.1) is 0 Å². The second-order valence-corrected chi connectivity index (χ2v) is 9.77. The summed E-state index contributed by atoms with van der Waals surface area (Å²) in [6.45, 7) is 0. The van der Waals surface area contributed by atoms with Crippen LogP contribution in [0.5, 0.6) is 0 Å². The van der Waals surface area contributed by atoms with Crippen molar-refractivity contribution >= 4 is 65.2 Å². The first kappa shape index (κ1) is 20.3. The monoisotopic (exact) mass is 454 g/mol. The molecule has 4 aromatic carbocycles. The molecule has 10 nitrogen and oxygen atoms in total. The van der Waals surface area contributed by atoms with E-state index in [9.17, 15) is 46.4 Å². The zero-order valence-electron chi connectivity index (χ0n) is 14.7. The van der Waals surface area contributed by atoms with E-state index in [0.29, 0.717) is 0 Å². The van der Waals surface area contributed by atoms with Crippen LogP contribution < -0.4 is 0 Å². The fourth-order valence-corrected chi connectivity index (χ4v) is 5.62. The van der Waals surface area contributed by atoms with Crippen LogP contribution in [0, 0.1) is 0 Å². The van der Waals surface area contributed by atoms with Crippen molar-refractivity contribution in [3.05, 3.63) is 47.5 Å². The Balaban J connectivity index is 2.45. The van der Waals surface area contributed by atoms with E-state index in [-0.39, 0.29) is 37.9 Å². The second-order valence-electron chi connectivity index (χ2n) is 6.66. The quantitative estimate of drug-likeness (QED) is 0.168. The molecule has 30 heavy (non-hydrogen) atoms. The van der Waals surface area contributed by atoms with Crippen LogP contribution in [-0.2, 0) is 21.0 Å². The Hall–Kier alpha value is -3.00. The average molecular weight is 454 g/mol. The third kappa shape index (κ3) is 2.86. The molecule has 0 radical (unpaired) electrons. The van der Waals surface area contributed by atoms with Crippen molar-refractivity contribution in [2.75, 3.05) is 0 Å². The first-order valence-corrected chi connectivity index (χ1v) is 11.4. The molecule has 0 bridgehead atoms. The van der Waals surface area contributed by atoms with Crippen molar-refractivity contribution in [3.63, 3.8) is 0 Å². The molecule has 0 aromatic heterocycles. The van der Waals surface area contributed by atoms with E-state index in [4.69, 9.17) is 0 Å². The van der Waals surface area contributed by atoms with Gasteiger partial charge in [0.15, 0.2) is 0 Å². The predicted octanol–water partition coefficient (Wildman–Crippen LogP) is 2.62. The van der Waals surface area contributed by atoms with Crippen LogP contribution in [0.1, 0.15) is 20.7 Å². The molecule has 0 aliphatic rings. The molecular weight excluding hydrogens is 440 g/mol. The summed E-state index contributed by atoms with van der Waals surface area (Å²) in [6, 6.07) is 6.96. The zero-order valence-corrected chi connectivity index (χ0v) is 16.5. The number of rotatable bonds is 4. The molecule has 0 unspecified atom stereocenters. The highest BCUT2D eigenvalue weighted by molar-refractivity contribution is 7.93.